The van der Waals surface area contributed by atoms with Crippen molar-refractivity contribution in [1.82, 2.24) is 9.13 Å². The second-order valence-electron chi connectivity index (χ2n) is 19.4. The number of rotatable bonds is 8. The molecule has 0 saturated heterocycles. The summed E-state index contributed by atoms with van der Waals surface area (Å²) in [6.45, 7) is 0. The van der Waals surface area contributed by atoms with E-state index in [0.29, 0.717) is 0 Å². The summed E-state index contributed by atoms with van der Waals surface area (Å²) in [6.07, 6.45) is 0. The molecular formula is C72H46N2. The van der Waals surface area contributed by atoms with Gasteiger partial charge in [0.05, 0.1) is 22.1 Å². The Morgan fingerprint density at radius 3 is 0.959 bits per heavy atom. The van der Waals surface area contributed by atoms with E-state index in [1.165, 1.54) is 133 Å². The van der Waals surface area contributed by atoms with Crippen LogP contribution in [-0.2, 0) is 0 Å². The Kier molecular flexibility index (Phi) is 9.61. The third-order valence-electron chi connectivity index (χ3n) is 15.5. The van der Waals surface area contributed by atoms with E-state index < -0.39 is 0 Å². The van der Waals surface area contributed by atoms with Gasteiger partial charge in [0.25, 0.3) is 0 Å². The van der Waals surface area contributed by atoms with Crippen LogP contribution in [0.25, 0.3) is 105 Å². The van der Waals surface area contributed by atoms with Gasteiger partial charge in [-0.2, -0.15) is 0 Å². The molecule has 74 heavy (non-hydrogen) atoms. The molecule has 2 heterocycles. The van der Waals surface area contributed by atoms with Crippen LogP contribution in [0.15, 0.2) is 285 Å². The smallest absolute Gasteiger partial charge is 0.0547 e. The molecule has 11 aromatic carbocycles. The number of benzene rings is 11. The van der Waals surface area contributed by atoms with Gasteiger partial charge >= 0.3 is 0 Å². The first-order valence-corrected chi connectivity index (χ1v) is 25.6. The minimum atomic E-state index is 1.14. The zero-order valence-corrected chi connectivity index (χ0v) is 40.5. The number of allylic oxidation sites excluding steroid dienone is 5. The van der Waals surface area contributed by atoms with Crippen molar-refractivity contribution < 1.29 is 0 Å². The van der Waals surface area contributed by atoms with Gasteiger partial charge in [-0.1, -0.05) is 218 Å². The van der Waals surface area contributed by atoms with Crippen molar-refractivity contribution in [2.75, 3.05) is 0 Å². The van der Waals surface area contributed by atoms with Gasteiger partial charge in [0.2, 0.25) is 0 Å². The fourth-order valence-corrected chi connectivity index (χ4v) is 12.5. The predicted octanol–water partition coefficient (Wildman–Crippen LogP) is 18.6. The molecule has 0 bridgehead atoms. The van der Waals surface area contributed by atoms with Crippen LogP contribution in [0.1, 0.15) is 33.4 Å². The first kappa shape index (κ1) is 42.0. The summed E-state index contributed by atoms with van der Waals surface area (Å²) in [4.78, 5) is 0. The highest BCUT2D eigenvalue weighted by atomic mass is 15.0. The van der Waals surface area contributed by atoms with E-state index in [9.17, 15) is 0 Å². The topological polar surface area (TPSA) is 9.86 Å². The average molecular weight is 939 g/mol. The molecule has 344 valence electrons. The van der Waals surface area contributed by atoms with E-state index in [-0.39, 0.29) is 0 Å². The Labute approximate surface area is 430 Å². The molecule has 0 spiro atoms. The number of para-hydroxylation sites is 4. The van der Waals surface area contributed by atoms with Crippen molar-refractivity contribution in [3.63, 3.8) is 0 Å². The van der Waals surface area contributed by atoms with E-state index in [0.717, 1.165) is 11.4 Å². The molecule has 0 atom stereocenters. The zero-order chi connectivity index (χ0) is 48.7. The summed E-state index contributed by atoms with van der Waals surface area (Å²) < 4.78 is 4.90. The monoisotopic (exact) mass is 938 g/mol. The summed E-state index contributed by atoms with van der Waals surface area (Å²) in [5.41, 5.74) is 26.5. The lowest BCUT2D eigenvalue weighted by atomic mass is 9.83. The summed E-state index contributed by atoms with van der Waals surface area (Å²) in [7, 11) is 0. The molecule has 0 saturated carbocycles. The second kappa shape index (κ2) is 16.9. The fraction of sp³-hybridized carbons (Fsp3) is 0. The first-order chi connectivity index (χ1) is 36.8. The zero-order valence-electron chi connectivity index (χ0n) is 40.5. The molecule has 2 aromatic heterocycles. The van der Waals surface area contributed by atoms with E-state index in [4.69, 9.17) is 0 Å². The van der Waals surface area contributed by atoms with Crippen LogP contribution in [0.3, 0.4) is 0 Å². The SMILES string of the molecule is c1ccc(C2=C(c3ccccc3)C(c3cccc4c3c3ccccc3n4-c3ccccc3)=C3C2=C(c2cccc4c2c2ccccc2n4-c2ccccc2)c2cc(-c4ccccc4)c(-c4ccccc4)cc23)cc1. The summed E-state index contributed by atoms with van der Waals surface area (Å²) in [5, 5.41) is 4.93. The maximum Gasteiger partial charge on any atom is 0.0547 e. The number of nitrogens with zero attached hydrogens (tertiary/aromatic N) is 2. The number of fused-ring (bicyclic) bond motifs is 9. The van der Waals surface area contributed by atoms with Gasteiger partial charge in [-0.15, -0.1) is 0 Å². The summed E-state index contributed by atoms with van der Waals surface area (Å²) >= 11 is 0. The van der Waals surface area contributed by atoms with Crippen molar-refractivity contribution in [1.29, 1.82) is 0 Å². The van der Waals surface area contributed by atoms with E-state index >= 15 is 0 Å². The van der Waals surface area contributed by atoms with Crippen molar-refractivity contribution in [3.8, 4) is 33.6 Å². The molecule has 15 rings (SSSR count). The van der Waals surface area contributed by atoms with E-state index in [2.05, 4.69) is 288 Å². The van der Waals surface area contributed by atoms with Gasteiger partial charge in [-0.05, 0) is 150 Å². The average Bonchev–Trinajstić information content (AvgIpc) is 4.22. The molecule has 0 fully saturated rings. The molecule has 0 radical (unpaired) electrons. The molecule has 2 aliphatic carbocycles. The van der Waals surface area contributed by atoms with Crippen LogP contribution in [0, 0.1) is 0 Å². The van der Waals surface area contributed by atoms with Gasteiger partial charge in [0, 0.05) is 32.9 Å². The number of aromatic nitrogens is 2. The van der Waals surface area contributed by atoms with Crippen LogP contribution in [-0.4, -0.2) is 9.13 Å². The molecule has 2 aliphatic rings. The molecular weight excluding hydrogens is 893 g/mol. The van der Waals surface area contributed by atoms with Gasteiger partial charge in [0.15, 0.2) is 0 Å². The lowest BCUT2D eigenvalue weighted by Crippen LogP contribution is -1.98. The van der Waals surface area contributed by atoms with Gasteiger partial charge in [-0.3, -0.25) is 0 Å². The predicted molar refractivity (Wildman–Crippen MR) is 311 cm³/mol. The van der Waals surface area contributed by atoms with Crippen LogP contribution < -0.4 is 0 Å². The minimum Gasteiger partial charge on any atom is -0.309 e. The molecule has 0 amide bonds. The lowest BCUT2D eigenvalue weighted by molar-refractivity contribution is 1.18. The Morgan fingerprint density at radius 1 is 0.189 bits per heavy atom. The van der Waals surface area contributed by atoms with Gasteiger partial charge < -0.3 is 9.13 Å². The molecule has 0 aliphatic heterocycles. The van der Waals surface area contributed by atoms with Crippen LogP contribution in [0.5, 0.6) is 0 Å². The largest absolute Gasteiger partial charge is 0.309 e. The van der Waals surface area contributed by atoms with Crippen molar-refractivity contribution in [3.05, 3.63) is 318 Å². The second-order valence-corrected chi connectivity index (χ2v) is 19.4. The van der Waals surface area contributed by atoms with Crippen LogP contribution in [0.2, 0.25) is 0 Å². The quantitative estimate of drug-likeness (QED) is 0.144. The Hall–Kier alpha value is -9.76. The Bertz CT molecular complexity index is 4460. The van der Waals surface area contributed by atoms with Crippen LogP contribution in [0.4, 0.5) is 0 Å². The molecule has 13 aromatic rings. The summed E-state index contributed by atoms with van der Waals surface area (Å²) in [5.74, 6) is 0. The Balaban J connectivity index is 1.17. The van der Waals surface area contributed by atoms with Crippen molar-refractivity contribution >= 4 is 71.5 Å². The standard InChI is InChI=1S/C72H46N2/c1-7-25-47(26-8-1)57-45-59-60(46-58(57)48-27-9-2-10-28-48)71-70(56-40-24-44-64-68(56)54-38-20-22-42-62(54)74(64)52-35-17-6-18-36-52)65(49-29-11-3-12-30-49)66(50-31-13-4-14-32-50)72(71)69(59)55-39-23-43-63-67(55)53-37-19-21-41-61(53)73(63)51-33-15-5-16-34-51/h1-46H. The third kappa shape index (κ3) is 6.32. The molecule has 0 N–H and O–H groups in total. The van der Waals surface area contributed by atoms with Gasteiger partial charge in [0.1, 0.15) is 0 Å². The highest BCUT2D eigenvalue weighted by molar-refractivity contribution is 6.42. The van der Waals surface area contributed by atoms with E-state index in [1.807, 2.05) is 0 Å². The van der Waals surface area contributed by atoms with E-state index in [1.54, 1.807) is 0 Å². The Morgan fingerprint density at radius 2 is 0.514 bits per heavy atom. The number of hydrogen-bond acceptors (Lipinski definition) is 0. The highest BCUT2D eigenvalue weighted by Crippen LogP contribution is 2.64. The molecule has 2 heteroatoms. The maximum absolute atomic E-state index is 2.53. The van der Waals surface area contributed by atoms with Crippen molar-refractivity contribution in [2.45, 2.75) is 0 Å². The summed E-state index contributed by atoms with van der Waals surface area (Å²) in [6, 6.07) is 103. The third-order valence-corrected chi connectivity index (χ3v) is 15.5. The first-order valence-electron chi connectivity index (χ1n) is 25.6. The highest BCUT2D eigenvalue weighted by Gasteiger charge is 2.42. The number of hydrogen-bond donors (Lipinski definition) is 0. The lowest BCUT2D eigenvalue weighted by Gasteiger charge is -2.20. The van der Waals surface area contributed by atoms with Crippen LogP contribution >= 0.6 is 0 Å². The van der Waals surface area contributed by atoms with Crippen molar-refractivity contribution in [2.24, 2.45) is 0 Å². The minimum absolute atomic E-state index is 1.14. The molecule has 2 nitrogen and oxygen atoms in total. The molecule has 0 unspecified atom stereocenters. The fourth-order valence-electron chi connectivity index (χ4n) is 12.5. The maximum atomic E-state index is 2.53. The van der Waals surface area contributed by atoms with Gasteiger partial charge in [-0.25, -0.2) is 0 Å². The normalized spacial score (nSPS) is 13.2.